The van der Waals surface area contributed by atoms with E-state index in [4.69, 9.17) is 26.4 Å². The number of nitrogens with zero attached hydrogens (tertiary/aromatic N) is 2. The minimum absolute atomic E-state index is 0.0377. The topological polar surface area (TPSA) is 75.3 Å². The predicted molar refractivity (Wildman–Crippen MR) is 161 cm³/mol. The van der Waals surface area contributed by atoms with Gasteiger partial charge in [-0.15, -0.1) is 0 Å². The molecule has 0 saturated carbocycles. The Kier molecular flexibility index (Phi) is 10.7. The van der Waals surface area contributed by atoms with Crippen LogP contribution in [-0.2, 0) is 0 Å². The average molecular weight is 639 g/mol. The molecule has 3 aromatic rings. The fourth-order valence-corrected chi connectivity index (χ4v) is 4.88. The van der Waals surface area contributed by atoms with Gasteiger partial charge < -0.3 is 29.3 Å². The largest absolute Gasteiger partial charge is 0.490 e. The van der Waals surface area contributed by atoms with Crippen LogP contribution in [-0.4, -0.2) is 57.0 Å². The summed E-state index contributed by atoms with van der Waals surface area (Å²) in [7, 11) is 0. The zero-order chi connectivity index (χ0) is 32.0. The molecule has 0 unspecified atom stereocenters. The summed E-state index contributed by atoms with van der Waals surface area (Å²) in [4.78, 5) is 16.1. The number of halogens is 5. The molecule has 236 valence electrons. The van der Waals surface area contributed by atoms with Crippen LogP contribution in [0.5, 0.6) is 17.2 Å². The Balaban J connectivity index is 1.37. The van der Waals surface area contributed by atoms with Gasteiger partial charge in [-0.05, 0) is 69.4 Å². The molecule has 0 aliphatic carbocycles. The highest BCUT2D eigenvalue weighted by Gasteiger charge is 2.31. The Morgan fingerprint density at radius 1 is 0.750 bits per heavy atom. The third-order valence-corrected chi connectivity index (χ3v) is 6.88. The summed E-state index contributed by atoms with van der Waals surface area (Å²) in [6.45, 7) is 7.17. The van der Waals surface area contributed by atoms with Crippen molar-refractivity contribution in [1.29, 1.82) is 0 Å². The Morgan fingerprint density at radius 2 is 1.23 bits per heavy atom. The summed E-state index contributed by atoms with van der Waals surface area (Å²) in [6, 6.07) is 10.1. The van der Waals surface area contributed by atoms with E-state index in [1.807, 2.05) is 25.7 Å². The van der Waals surface area contributed by atoms with Gasteiger partial charge >= 0.3 is 0 Å². The molecule has 0 aromatic heterocycles. The second-order valence-electron chi connectivity index (χ2n) is 9.45. The van der Waals surface area contributed by atoms with Gasteiger partial charge in [0, 0.05) is 43.1 Å². The van der Waals surface area contributed by atoms with Crippen LogP contribution in [0.1, 0.15) is 31.1 Å². The van der Waals surface area contributed by atoms with Gasteiger partial charge in [-0.2, -0.15) is 0 Å². The Morgan fingerprint density at radius 3 is 1.73 bits per heavy atom. The SMILES string of the molecule is CCOc1cc(C(=O)NC(=S)Nc2ccc(N3CCN(c4c(F)c(F)c(F)c(F)c4F)CC3)cc2)cc(OCC)c1OCC. The van der Waals surface area contributed by atoms with Crippen LogP contribution < -0.4 is 34.6 Å². The maximum Gasteiger partial charge on any atom is 0.257 e. The summed E-state index contributed by atoms with van der Waals surface area (Å²) in [5, 5.41) is 5.62. The van der Waals surface area contributed by atoms with E-state index in [1.54, 1.807) is 36.4 Å². The number of benzene rings is 3. The molecule has 1 heterocycles. The normalized spacial score (nSPS) is 13.0. The van der Waals surface area contributed by atoms with E-state index in [-0.39, 0.29) is 36.9 Å². The molecule has 0 bridgehead atoms. The number of hydrogen-bond acceptors (Lipinski definition) is 7. The van der Waals surface area contributed by atoms with Gasteiger partial charge in [-0.3, -0.25) is 10.1 Å². The number of carbonyl (C=O) groups is 1. The number of piperazine rings is 1. The zero-order valence-electron chi connectivity index (χ0n) is 24.2. The second-order valence-corrected chi connectivity index (χ2v) is 9.86. The maximum absolute atomic E-state index is 14.2. The van der Waals surface area contributed by atoms with E-state index in [0.717, 1.165) is 10.6 Å². The highest BCUT2D eigenvalue weighted by molar-refractivity contribution is 7.80. The van der Waals surface area contributed by atoms with Crippen LogP contribution in [0.3, 0.4) is 0 Å². The van der Waals surface area contributed by atoms with Crippen molar-refractivity contribution in [2.45, 2.75) is 20.8 Å². The first-order valence-corrected chi connectivity index (χ1v) is 14.3. The van der Waals surface area contributed by atoms with Gasteiger partial charge in [0.25, 0.3) is 5.91 Å². The molecule has 14 heteroatoms. The molecular weight excluding hydrogens is 607 g/mol. The Hall–Kier alpha value is -4.33. The van der Waals surface area contributed by atoms with Gasteiger partial charge in [0.1, 0.15) is 5.69 Å². The molecule has 1 amide bonds. The van der Waals surface area contributed by atoms with Gasteiger partial charge in [0.05, 0.1) is 19.8 Å². The molecule has 1 fully saturated rings. The van der Waals surface area contributed by atoms with E-state index in [2.05, 4.69) is 10.6 Å². The zero-order valence-corrected chi connectivity index (χ0v) is 25.1. The number of thiocarbonyl (C=S) groups is 1. The molecule has 0 spiro atoms. The van der Waals surface area contributed by atoms with Crippen molar-refractivity contribution >= 4 is 40.3 Å². The van der Waals surface area contributed by atoms with E-state index >= 15 is 0 Å². The summed E-state index contributed by atoms with van der Waals surface area (Å²) in [6.07, 6.45) is 0. The van der Waals surface area contributed by atoms with Crippen molar-refractivity contribution in [2.75, 3.05) is 61.1 Å². The first-order valence-electron chi connectivity index (χ1n) is 13.9. The number of amides is 1. The van der Waals surface area contributed by atoms with Crippen LogP contribution >= 0.6 is 12.2 Å². The lowest BCUT2D eigenvalue weighted by molar-refractivity contribution is 0.0976. The standard InChI is InChI=1S/C30H31F5N4O4S/c1-4-41-20-15-17(16-21(42-5-2)28(20)43-6-3)29(40)37-30(44)36-18-7-9-19(10-8-18)38-11-13-39(14-12-38)27-25(34)23(32)22(31)24(33)26(27)35/h7-10,15-16H,4-6,11-14H2,1-3H3,(H2,36,37,40,44). The summed E-state index contributed by atoms with van der Waals surface area (Å²) >= 11 is 5.33. The van der Waals surface area contributed by atoms with Crippen molar-refractivity contribution in [1.82, 2.24) is 5.32 Å². The number of rotatable bonds is 10. The van der Waals surface area contributed by atoms with E-state index < -0.39 is 40.7 Å². The minimum atomic E-state index is -2.18. The maximum atomic E-state index is 14.2. The van der Waals surface area contributed by atoms with Crippen LogP contribution in [0.25, 0.3) is 0 Å². The Labute approximate surface area is 256 Å². The highest BCUT2D eigenvalue weighted by Crippen LogP contribution is 2.39. The van der Waals surface area contributed by atoms with E-state index in [1.165, 1.54) is 0 Å². The molecule has 4 rings (SSSR count). The molecule has 44 heavy (non-hydrogen) atoms. The summed E-state index contributed by atoms with van der Waals surface area (Å²) < 4.78 is 86.2. The second kappa shape index (κ2) is 14.4. The van der Waals surface area contributed by atoms with Crippen LogP contribution in [0.15, 0.2) is 36.4 Å². The molecule has 0 radical (unpaired) electrons. The fraction of sp³-hybridized carbons (Fsp3) is 0.333. The molecule has 3 aromatic carbocycles. The monoisotopic (exact) mass is 638 g/mol. The third-order valence-electron chi connectivity index (χ3n) is 6.67. The number of ether oxygens (including phenoxy) is 3. The molecular formula is C30H31F5N4O4S. The van der Waals surface area contributed by atoms with E-state index in [0.29, 0.717) is 42.8 Å². The lowest BCUT2D eigenvalue weighted by atomic mass is 10.1. The summed E-state index contributed by atoms with van der Waals surface area (Å²) in [5.41, 5.74) is 0.675. The first-order chi connectivity index (χ1) is 21.1. The lowest BCUT2D eigenvalue weighted by Gasteiger charge is -2.37. The van der Waals surface area contributed by atoms with E-state index in [9.17, 15) is 26.7 Å². The lowest BCUT2D eigenvalue weighted by Crippen LogP contribution is -2.47. The smallest absolute Gasteiger partial charge is 0.257 e. The number of carbonyl (C=O) groups excluding carboxylic acids is 1. The van der Waals surface area contributed by atoms with Gasteiger partial charge in [-0.25, -0.2) is 22.0 Å². The molecule has 0 atom stereocenters. The molecule has 2 N–H and O–H groups in total. The van der Waals surface area contributed by atoms with Crippen LogP contribution in [0.2, 0.25) is 0 Å². The van der Waals surface area contributed by atoms with Crippen molar-refractivity contribution in [3.63, 3.8) is 0 Å². The summed E-state index contributed by atoms with van der Waals surface area (Å²) in [5.74, 6) is -9.16. The quantitative estimate of drug-likeness (QED) is 0.121. The third kappa shape index (κ3) is 7.07. The molecule has 1 saturated heterocycles. The average Bonchev–Trinajstić information content (AvgIpc) is 3.01. The number of hydrogen-bond donors (Lipinski definition) is 2. The Bertz CT molecular complexity index is 1460. The van der Waals surface area contributed by atoms with Crippen molar-refractivity contribution in [3.05, 3.63) is 71.0 Å². The predicted octanol–water partition coefficient (Wildman–Crippen LogP) is 6.03. The fourth-order valence-electron chi connectivity index (χ4n) is 4.67. The molecule has 8 nitrogen and oxygen atoms in total. The van der Waals surface area contributed by atoms with Crippen molar-refractivity contribution in [2.24, 2.45) is 0 Å². The van der Waals surface area contributed by atoms with Crippen molar-refractivity contribution in [3.8, 4) is 17.2 Å². The van der Waals surface area contributed by atoms with Crippen molar-refractivity contribution < 1.29 is 41.0 Å². The highest BCUT2D eigenvalue weighted by atomic mass is 32.1. The number of nitrogens with one attached hydrogen (secondary N) is 2. The van der Waals surface area contributed by atoms with Gasteiger partial charge in [-0.1, -0.05) is 0 Å². The number of anilines is 3. The molecule has 1 aliphatic rings. The first kappa shape index (κ1) is 32.6. The minimum Gasteiger partial charge on any atom is -0.490 e. The van der Waals surface area contributed by atoms with Crippen LogP contribution in [0, 0.1) is 29.1 Å². The van der Waals surface area contributed by atoms with Crippen LogP contribution in [0.4, 0.5) is 39.0 Å². The molecule has 1 aliphatic heterocycles. The van der Waals surface area contributed by atoms with Gasteiger partial charge in [0.2, 0.25) is 11.6 Å². The van der Waals surface area contributed by atoms with Gasteiger partial charge in [0.15, 0.2) is 39.9 Å².